The zero-order chi connectivity index (χ0) is 28.4. The largest absolute Gasteiger partial charge is 0.508 e. The van der Waals surface area contributed by atoms with Gasteiger partial charge in [-0.05, 0) is 84.5 Å². The fraction of sp³-hybridized carbons (Fsp3) is 0.324. The van der Waals surface area contributed by atoms with Crippen LogP contribution in [0.15, 0.2) is 79.3 Å². The fourth-order valence-corrected chi connectivity index (χ4v) is 5.13. The summed E-state index contributed by atoms with van der Waals surface area (Å²) >= 11 is 0. The van der Waals surface area contributed by atoms with Gasteiger partial charge in [0.2, 0.25) is 0 Å². The maximum Gasteiger partial charge on any atom is 0.123 e. The summed E-state index contributed by atoms with van der Waals surface area (Å²) in [5.74, 6) is 0.0386. The van der Waals surface area contributed by atoms with Gasteiger partial charge in [0.05, 0.1) is 17.6 Å². The van der Waals surface area contributed by atoms with Crippen LogP contribution in [0.1, 0.15) is 75.9 Å². The predicted molar refractivity (Wildman–Crippen MR) is 163 cm³/mol. The Morgan fingerprint density at radius 2 is 1.64 bits per heavy atom. The van der Waals surface area contributed by atoms with Gasteiger partial charge in [-0.15, -0.1) is 0 Å². The molecular formula is C34H42FN3O. The van der Waals surface area contributed by atoms with Crippen LogP contribution in [-0.4, -0.2) is 21.2 Å². The number of rotatable bonds is 6. The second kappa shape index (κ2) is 13.8. The number of aromatic nitrogens is 2. The van der Waals surface area contributed by atoms with Crippen LogP contribution >= 0.6 is 0 Å². The van der Waals surface area contributed by atoms with Crippen LogP contribution in [0.25, 0.3) is 12.2 Å². The minimum absolute atomic E-state index is 0.242. The number of aromatic hydroxyl groups is 1. The third-order valence-electron chi connectivity index (χ3n) is 6.95. The summed E-state index contributed by atoms with van der Waals surface area (Å²) in [6, 6.07) is 20.9. The molecule has 206 valence electrons. The average molecular weight is 528 g/mol. The predicted octanol–water partition coefficient (Wildman–Crippen LogP) is 8.69. The van der Waals surface area contributed by atoms with Gasteiger partial charge < -0.3 is 14.6 Å². The molecule has 1 unspecified atom stereocenters. The molecule has 0 spiro atoms. The first-order valence-corrected chi connectivity index (χ1v) is 14.1. The van der Waals surface area contributed by atoms with Crippen LogP contribution in [-0.2, 0) is 18.5 Å². The highest BCUT2D eigenvalue weighted by atomic mass is 19.1. The van der Waals surface area contributed by atoms with Crippen molar-refractivity contribution < 1.29 is 9.50 Å². The normalized spacial score (nSPS) is 16.1. The van der Waals surface area contributed by atoms with Gasteiger partial charge in [-0.25, -0.2) is 9.37 Å². The minimum atomic E-state index is -0.472. The third-order valence-corrected chi connectivity index (χ3v) is 6.95. The first-order chi connectivity index (χ1) is 19.0. The van der Waals surface area contributed by atoms with Gasteiger partial charge >= 0.3 is 0 Å². The first-order valence-electron chi connectivity index (χ1n) is 14.1. The Hall–Kier alpha value is -3.86. The number of fused-ring (bicyclic) bond motifs is 1. The molecule has 0 aliphatic carbocycles. The van der Waals surface area contributed by atoms with Crippen molar-refractivity contribution in [3.8, 4) is 5.75 Å². The third kappa shape index (κ3) is 6.59. The lowest BCUT2D eigenvalue weighted by Gasteiger charge is -2.48. The van der Waals surface area contributed by atoms with E-state index in [2.05, 4.69) is 64.8 Å². The molecule has 0 bridgehead atoms. The van der Waals surface area contributed by atoms with Crippen molar-refractivity contribution in [3.05, 3.63) is 113 Å². The molecule has 1 aliphatic heterocycles. The lowest BCUT2D eigenvalue weighted by Crippen LogP contribution is -2.49. The van der Waals surface area contributed by atoms with Crippen LogP contribution in [0, 0.1) is 5.82 Å². The molecule has 1 atom stereocenters. The minimum Gasteiger partial charge on any atom is -0.508 e. The van der Waals surface area contributed by atoms with E-state index < -0.39 is 5.54 Å². The van der Waals surface area contributed by atoms with Crippen molar-refractivity contribution in [2.24, 2.45) is 0 Å². The van der Waals surface area contributed by atoms with Crippen molar-refractivity contribution in [1.29, 1.82) is 0 Å². The van der Waals surface area contributed by atoms with E-state index in [9.17, 15) is 9.50 Å². The van der Waals surface area contributed by atoms with Crippen molar-refractivity contribution >= 4 is 17.8 Å². The number of halogens is 1. The number of aryl methyl sites for hydroxylation is 1. The number of imidazole rings is 1. The van der Waals surface area contributed by atoms with E-state index >= 15 is 0 Å². The van der Waals surface area contributed by atoms with Crippen molar-refractivity contribution in [1.82, 2.24) is 9.55 Å². The molecule has 0 fully saturated rings. The zero-order valence-corrected chi connectivity index (χ0v) is 24.2. The number of benzene rings is 3. The highest BCUT2D eigenvalue weighted by Crippen LogP contribution is 2.44. The van der Waals surface area contributed by atoms with Crippen LogP contribution in [0.2, 0.25) is 0 Å². The Morgan fingerprint density at radius 1 is 0.949 bits per heavy atom. The summed E-state index contributed by atoms with van der Waals surface area (Å²) in [7, 11) is 0. The molecule has 0 amide bonds. The Bertz CT molecular complexity index is 1340. The Morgan fingerprint density at radius 3 is 2.31 bits per heavy atom. The van der Waals surface area contributed by atoms with E-state index in [0.29, 0.717) is 0 Å². The standard InChI is InChI=1S/C30H30FN3O.2C2H6/c1-3-17-33-20-26(32-21-33)11-6-22-4-7-24(8-5-22)30(2)29-15-14-28(35)19-23(29)16-18-34(30)27-12-9-25(31)10-13-27;2*1-2/h4-15,19-21,35H,3,16-18H2,1-2H3;2*1-2H3/b11-6+;;. The van der Waals surface area contributed by atoms with E-state index in [1.165, 1.54) is 12.1 Å². The Labute approximate surface area is 233 Å². The molecule has 4 aromatic rings. The molecular weight excluding hydrogens is 485 g/mol. The average Bonchev–Trinajstić information content (AvgIpc) is 3.43. The monoisotopic (exact) mass is 527 g/mol. The van der Waals surface area contributed by atoms with E-state index in [0.717, 1.165) is 59.6 Å². The molecule has 3 aromatic carbocycles. The van der Waals surface area contributed by atoms with Gasteiger partial charge in [-0.2, -0.15) is 0 Å². The van der Waals surface area contributed by atoms with Gasteiger partial charge in [0.1, 0.15) is 11.6 Å². The van der Waals surface area contributed by atoms with Gasteiger partial charge in [0.25, 0.3) is 0 Å². The highest BCUT2D eigenvalue weighted by Gasteiger charge is 2.40. The van der Waals surface area contributed by atoms with Gasteiger partial charge in [-0.1, -0.05) is 71.0 Å². The van der Waals surface area contributed by atoms with Gasteiger partial charge in [0, 0.05) is 25.0 Å². The van der Waals surface area contributed by atoms with Crippen molar-refractivity contribution in [3.63, 3.8) is 0 Å². The number of anilines is 1. The quantitative estimate of drug-likeness (QED) is 0.273. The first kappa shape index (κ1) is 29.7. The molecule has 0 saturated heterocycles. The molecule has 5 rings (SSSR count). The number of hydrogen-bond donors (Lipinski definition) is 1. The molecule has 0 radical (unpaired) electrons. The molecule has 1 aromatic heterocycles. The highest BCUT2D eigenvalue weighted by molar-refractivity contribution is 5.68. The molecule has 0 saturated carbocycles. The van der Waals surface area contributed by atoms with E-state index in [-0.39, 0.29) is 11.6 Å². The van der Waals surface area contributed by atoms with Gasteiger partial charge in [0.15, 0.2) is 0 Å². The van der Waals surface area contributed by atoms with Crippen LogP contribution < -0.4 is 4.90 Å². The van der Waals surface area contributed by atoms with Crippen molar-refractivity contribution in [2.45, 2.75) is 66.5 Å². The topological polar surface area (TPSA) is 41.3 Å². The Kier molecular flexibility index (Phi) is 10.5. The second-order valence-electron chi connectivity index (χ2n) is 9.28. The zero-order valence-electron chi connectivity index (χ0n) is 24.2. The Balaban J connectivity index is 0.00000100. The summed E-state index contributed by atoms with van der Waals surface area (Å²) < 4.78 is 15.8. The summed E-state index contributed by atoms with van der Waals surface area (Å²) in [6.07, 6.45) is 9.93. The lowest BCUT2D eigenvalue weighted by molar-refractivity contribution is 0.463. The molecule has 4 nitrogen and oxygen atoms in total. The number of phenols is 1. The number of hydrogen-bond acceptors (Lipinski definition) is 3. The molecule has 5 heteroatoms. The van der Waals surface area contributed by atoms with Crippen LogP contribution in [0.3, 0.4) is 0 Å². The summed E-state index contributed by atoms with van der Waals surface area (Å²) in [5, 5.41) is 10.1. The maximum absolute atomic E-state index is 13.7. The number of nitrogens with zero attached hydrogens (tertiary/aromatic N) is 3. The summed E-state index contributed by atoms with van der Waals surface area (Å²) in [6.45, 7) is 14.1. The van der Waals surface area contributed by atoms with Crippen LogP contribution in [0.5, 0.6) is 5.75 Å². The lowest BCUT2D eigenvalue weighted by atomic mass is 9.76. The molecule has 1 N–H and O–H groups in total. The summed E-state index contributed by atoms with van der Waals surface area (Å²) in [4.78, 5) is 6.79. The van der Waals surface area contributed by atoms with Crippen molar-refractivity contribution in [2.75, 3.05) is 11.4 Å². The summed E-state index contributed by atoms with van der Waals surface area (Å²) in [5.41, 5.74) is 5.96. The number of phenolic OH excluding ortho intramolecular Hbond substituents is 1. The van der Waals surface area contributed by atoms with Crippen LogP contribution in [0.4, 0.5) is 10.1 Å². The van der Waals surface area contributed by atoms with Gasteiger partial charge in [-0.3, -0.25) is 0 Å². The SMILES string of the molecule is CC.CC.CCCn1cnc(/C=C/c2ccc(C3(C)c4ccc(O)cc4CCN3c3ccc(F)cc3)cc2)c1. The maximum atomic E-state index is 13.7. The smallest absolute Gasteiger partial charge is 0.123 e. The van der Waals surface area contributed by atoms with E-state index in [4.69, 9.17) is 0 Å². The molecule has 39 heavy (non-hydrogen) atoms. The molecule has 1 aliphatic rings. The second-order valence-corrected chi connectivity index (χ2v) is 9.28. The van der Waals surface area contributed by atoms with E-state index in [1.54, 1.807) is 6.07 Å². The molecule has 2 heterocycles. The van der Waals surface area contributed by atoms with E-state index in [1.807, 2.05) is 64.4 Å². The fourth-order valence-electron chi connectivity index (χ4n) is 5.13.